The molecule has 1 saturated heterocycles. The highest BCUT2D eigenvalue weighted by Gasteiger charge is 2.51. The SMILES string of the molecule is CC1(C)Oc2cc(-c3ccc(B4OC(C)(C)C(C)(C)O4)cc3-c3nc(-c4ccccc4)nc(-c4ccccc4)n3)ccc2-c2ccccc21. The van der Waals surface area contributed by atoms with Crippen molar-refractivity contribution >= 4 is 12.6 Å². The number of benzene rings is 5. The van der Waals surface area contributed by atoms with E-state index in [9.17, 15) is 0 Å². The lowest BCUT2D eigenvalue weighted by atomic mass is 9.77. The topological polar surface area (TPSA) is 66.4 Å². The van der Waals surface area contributed by atoms with Crippen LogP contribution < -0.4 is 10.2 Å². The summed E-state index contributed by atoms with van der Waals surface area (Å²) < 4.78 is 19.7. The number of rotatable bonds is 5. The zero-order chi connectivity index (χ0) is 34.0. The van der Waals surface area contributed by atoms with Crippen LogP contribution in [0.5, 0.6) is 5.75 Å². The Kier molecular flexibility index (Phi) is 7.32. The van der Waals surface area contributed by atoms with Gasteiger partial charge in [-0.1, -0.05) is 115 Å². The molecular formula is C42H38BN3O3. The molecule has 0 saturated carbocycles. The van der Waals surface area contributed by atoms with E-state index in [0.717, 1.165) is 44.6 Å². The number of hydrogen-bond donors (Lipinski definition) is 0. The van der Waals surface area contributed by atoms with Gasteiger partial charge in [0, 0.05) is 27.8 Å². The molecule has 0 bridgehead atoms. The second-order valence-electron chi connectivity index (χ2n) is 14.3. The standard InChI is InChI=1S/C42H38BN3O3/c1-40(2)35-20-14-13-19-32(35)33-23-21-29(25-36(33)47-40)31-24-22-30(43-48-41(3,4)42(5,6)49-43)26-34(31)39-45-37(27-15-9-7-10-16-27)44-38(46-39)28-17-11-8-12-18-28/h7-26H,1-6H3. The van der Waals surface area contributed by atoms with E-state index >= 15 is 0 Å². The van der Waals surface area contributed by atoms with Crippen molar-refractivity contribution in [3.05, 3.63) is 127 Å². The Morgan fingerprint density at radius 1 is 0.469 bits per heavy atom. The van der Waals surface area contributed by atoms with Crippen LogP contribution in [0.3, 0.4) is 0 Å². The van der Waals surface area contributed by atoms with Crippen molar-refractivity contribution in [2.24, 2.45) is 0 Å². The number of hydrogen-bond acceptors (Lipinski definition) is 6. The second-order valence-corrected chi connectivity index (χ2v) is 14.3. The summed E-state index contributed by atoms with van der Waals surface area (Å²) in [7, 11) is -0.550. The average molecular weight is 644 g/mol. The van der Waals surface area contributed by atoms with Gasteiger partial charge in [0.2, 0.25) is 0 Å². The first-order chi connectivity index (χ1) is 23.5. The first-order valence-electron chi connectivity index (χ1n) is 16.8. The summed E-state index contributed by atoms with van der Waals surface area (Å²) in [5.41, 5.74) is 7.52. The first-order valence-corrected chi connectivity index (χ1v) is 16.8. The molecule has 0 spiro atoms. The van der Waals surface area contributed by atoms with Crippen LogP contribution in [0.15, 0.2) is 121 Å². The zero-order valence-electron chi connectivity index (χ0n) is 28.7. The Bertz CT molecular complexity index is 2130. The van der Waals surface area contributed by atoms with Crippen LogP contribution in [0.25, 0.3) is 56.4 Å². The summed E-state index contributed by atoms with van der Waals surface area (Å²) in [6.45, 7) is 12.5. The largest absolute Gasteiger partial charge is 0.494 e. The third-order valence-electron chi connectivity index (χ3n) is 10.0. The monoisotopic (exact) mass is 643 g/mol. The van der Waals surface area contributed by atoms with Crippen LogP contribution in [-0.2, 0) is 14.9 Å². The maximum atomic E-state index is 6.68. The fraction of sp³-hybridized carbons (Fsp3) is 0.214. The quantitative estimate of drug-likeness (QED) is 0.175. The van der Waals surface area contributed by atoms with E-state index in [1.165, 1.54) is 11.1 Å². The van der Waals surface area contributed by atoms with Gasteiger partial charge >= 0.3 is 7.12 Å². The van der Waals surface area contributed by atoms with Crippen molar-refractivity contribution in [2.75, 3.05) is 0 Å². The van der Waals surface area contributed by atoms with Crippen LogP contribution in [0, 0.1) is 0 Å². The molecule has 2 aliphatic rings. The molecule has 49 heavy (non-hydrogen) atoms. The summed E-state index contributed by atoms with van der Waals surface area (Å²) in [4.78, 5) is 15.2. The third kappa shape index (κ3) is 5.53. The van der Waals surface area contributed by atoms with Gasteiger partial charge in [0.15, 0.2) is 17.5 Å². The number of fused-ring (bicyclic) bond motifs is 3. The summed E-state index contributed by atoms with van der Waals surface area (Å²) in [5.74, 6) is 2.60. The molecule has 0 atom stereocenters. The summed E-state index contributed by atoms with van der Waals surface area (Å²) >= 11 is 0. The van der Waals surface area contributed by atoms with Crippen molar-refractivity contribution < 1.29 is 14.0 Å². The summed E-state index contributed by atoms with van der Waals surface area (Å²) in [6.07, 6.45) is 0. The Hall–Kier alpha value is -5.11. The van der Waals surface area contributed by atoms with Gasteiger partial charge in [0.25, 0.3) is 0 Å². The molecular weight excluding hydrogens is 605 g/mol. The normalized spacial score (nSPS) is 16.8. The molecule has 0 aliphatic carbocycles. The Labute approximate surface area is 288 Å². The van der Waals surface area contributed by atoms with E-state index in [2.05, 4.69) is 102 Å². The fourth-order valence-electron chi connectivity index (χ4n) is 6.62. The van der Waals surface area contributed by atoms with Gasteiger partial charge in [0.05, 0.1) is 11.2 Å². The molecule has 6 nitrogen and oxygen atoms in total. The van der Waals surface area contributed by atoms with Crippen LogP contribution in [0.4, 0.5) is 0 Å². The number of nitrogens with zero attached hydrogens (tertiary/aromatic N) is 3. The van der Waals surface area contributed by atoms with Crippen molar-refractivity contribution in [2.45, 2.75) is 58.3 Å². The molecule has 0 radical (unpaired) electrons. The summed E-state index contributed by atoms with van der Waals surface area (Å²) in [5, 5.41) is 0. The third-order valence-corrected chi connectivity index (χ3v) is 10.0. The lowest BCUT2D eigenvalue weighted by Crippen LogP contribution is -2.41. The van der Waals surface area contributed by atoms with E-state index in [4.69, 9.17) is 29.0 Å². The minimum absolute atomic E-state index is 0.477. The van der Waals surface area contributed by atoms with Crippen LogP contribution >= 0.6 is 0 Å². The van der Waals surface area contributed by atoms with Crippen molar-refractivity contribution in [3.63, 3.8) is 0 Å². The molecule has 242 valence electrons. The van der Waals surface area contributed by atoms with Crippen molar-refractivity contribution in [1.29, 1.82) is 0 Å². The molecule has 2 aliphatic heterocycles. The van der Waals surface area contributed by atoms with Gasteiger partial charge in [-0.05, 0) is 69.8 Å². The molecule has 6 aromatic rings. The Balaban J connectivity index is 1.33. The zero-order valence-corrected chi connectivity index (χ0v) is 28.7. The van der Waals surface area contributed by atoms with E-state index in [1.807, 2.05) is 60.7 Å². The van der Waals surface area contributed by atoms with Gasteiger partial charge in [-0.3, -0.25) is 0 Å². The average Bonchev–Trinajstić information content (AvgIpc) is 3.34. The highest BCUT2D eigenvalue weighted by Crippen LogP contribution is 2.47. The highest BCUT2D eigenvalue weighted by molar-refractivity contribution is 6.62. The molecule has 7 heteroatoms. The molecule has 0 unspecified atom stereocenters. The molecule has 5 aromatic carbocycles. The minimum atomic E-state index is -0.550. The van der Waals surface area contributed by atoms with Crippen LogP contribution in [-0.4, -0.2) is 33.3 Å². The smallest absolute Gasteiger partial charge is 0.482 e. The fourth-order valence-corrected chi connectivity index (χ4v) is 6.62. The maximum Gasteiger partial charge on any atom is 0.494 e. The number of aromatic nitrogens is 3. The Morgan fingerprint density at radius 2 is 1.02 bits per heavy atom. The lowest BCUT2D eigenvalue weighted by Gasteiger charge is -2.35. The minimum Gasteiger partial charge on any atom is -0.482 e. The molecule has 1 aromatic heterocycles. The molecule has 3 heterocycles. The summed E-state index contributed by atoms with van der Waals surface area (Å²) in [6, 6.07) is 41.3. The molecule has 8 rings (SSSR count). The molecule has 0 N–H and O–H groups in total. The van der Waals surface area contributed by atoms with Crippen LogP contribution in [0.2, 0.25) is 0 Å². The van der Waals surface area contributed by atoms with Crippen LogP contribution in [0.1, 0.15) is 47.1 Å². The van der Waals surface area contributed by atoms with Gasteiger partial charge in [-0.15, -0.1) is 0 Å². The van der Waals surface area contributed by atoms with Gasteiger partial charge in [-0.25, -0.2) is 15.0 Å². The maximum absolute atomic E-state index is 6.68. The highest BCUT2D eigenvalue weighted by atomic mass is 16.7. The van der Waals surface area contributed by atoms with Crippen molar-refractivity contribution in [3.8, 4) is 62.2 Å². The van der Waals surface area contributed by atoms with Crippen molar-refractivity contribution in [1.82, 2.24) is 15.0 Å². The van der Waals surface area contributed by atoms with E-state index in [1.54, 1.807) is 0 Å². The number of ether oxygens (including phenoxy) is 1. The van der Waals surface area contributed by atoms with Gasteiger partial charge < -0.3 is 14.0 Å². The Morgan fingerprint density at radius 3 is 1.65 bits per heavy atom. The predicted octanol–water partition coefficient (Wildman–Crippen LogP) is 9.13. The molecule has 1 fully saturated rings. The predicted molar refractivity (Wildman–Crippen MR) is 196 cm³/mol. The molecule has 0 amide bonds. The lowest BCUT2D eigenvalue weighted by molar-refractivity contribution is 0.00578. The van der Waals surface area contributed by atoms with Gasteiger partial charge in [0.1, 0.15) is 11.4 Å². The van der Waals surface area contributed by atoms with Gasteiger partial charge in [-0.2, -0.15) is 0 Å². The van der Waals surface area contributed by atoms with E-state index in [-0.39, 0.29) is 0 Å². The van der Waals surface area contributed by atoms with E-state index < -0.39 is 23.9 Å². The second kappa shape index (κ2) is 11.5. The first kappa shape index (κ1) is 31.2. The van der Waals surface area contributed by atoms with E-state index in [0.29, 0.717) is 17.5 Å².